The van der Waals surface area contributed by atoms with Crippen LogP contribution >= 0.6 is 0 Å². The van der Waals surface area contributed by atoms with Crippen molar-refractivity contribution in [3.8, 4) is 0 Å². The lowest BCUT2D eigenvalue weighted by atomic mass is 10.4. The lowest BCUT2D eigenvalue weighted by Gasteiger charge is -2.25. The van der Waals surface area contributed by atoms with E-state index in [0.29, 0.717) is 13.1 Å². The van der Waals surface area contributed by atoms with Crippen molar-refractivity contribution >= 4 is 11.9 Å². The van der Waals surface area contributed by atoms with E-state index in [2.05, 4.69) is 15.4 Å². The van der Waals surface area contributed by atoms with Gasteiger partial charge in [-0.3, -0.25) is 9.48 Å². The minimum atomic E-state index is 0.110. The smallest absolute Gasteiger partial charge is 0.242 e. The quantitative estimate of drug-likeness (QED) is 0.594. The number of aromatic nitrogens is 2. The van der Waals surface area contributed by atoms with E-state index >= 15 is 0 Å². The van der Waals surface area contributed by atoms with Gasteiger partial charge in [-0.15, -0.1) is 0 Å². The average molecular weight is 308 g/mol. The van der Waals surface area contributed by atoms with Crippen molar-refractivity contribution in [1.29, 1.82) is 0 Å². The Balaban J connectivity index is 2.72. The zero-order chi connectivity index (χ0) is 16.5. The first kappa shape index (κ1) is 18.0. The molecule has 0 unspecified atom stereocenters. The summed E-state index contributed by atoms with van der Waals surface area (Å²) in [5.74, 6) is 0.836. The number of guanidine groups is 1. The van der Waals surface area contributed by atoms with E-state index < -0.39 is 0 Å². The number of hydrogen-bond acceptors (Lipinski definition) is 3. The molecule has 0 aromatic carbocycles. The molecule has 0 fully saturated rings. The maximum absolute atomic E-state index is 12.2. The van der Waals surface area contributed by atoms with Crippen molar-refractivity contribution in [1.82, 2.24) is 24.9 Å². The zero-order valence-electron chi connectivity index (χ0n) is 14.3. The predicted octanol–water partition coefficient (Wildman–Crippen LogP) is 0.686. The first-order valence-corrected chi connectivity index (χ1v) is 7.77. The van der Waals surface area contributed by atoms with Gasteiger partial charge in [0.1, 0.15) is 0 Å². The number of amides is 1. The standard InChI is InChI=1S/C15H28N6O/c1-6-16-15(17-11-13-9-10-18-20(13)5)19(4)12-14(22)21(7-2)8-3/h9-10H,6-8,11-12H2,1-5H3,(H,16,17). The van der Waals surface area contributed by atoms with Crippen molar-refractivity contribution in [2.75, 3.05) is 33.2 Å². The maximum atomic E-state index is 12.2. The molecule has 0 saturated carbocycles. The molecule has 1 rings (SSSR count). The third kappa shape index (κ3) is 5.05. The molecule has 1 heterocycles. The maximum Gasteiger partial charge on any atom is 0.242 e. The zero-order valence-corrected chi connectivity index (χ0v) is 14.3. The summed E-state index contributed by atoms with van der Waals surface area (Å²) < 4.78 is 1.80. The van der Waals surface area contributed by atoms with Crippen molar-refractivity contribution in [3.63, 3.8) is 0 Å². The van der Waals surface area contributed by atoms with E-state index in [4.69, 9.17) is 0 Å². The van der Waals surface area contributed by atoms with Crippen LogP contribution in [0, 0.1) is 0 Å². The van der Waals surface area contributed by atoms with Gasteiger partial charge in [0, 0.05) is 39.9 Å². The highest BCUT2D eigenvalue weighted by Gasteiger charge is 2.15. The lowest BCUT2D eigenvalue weighted by molar-refractivity contribution is -0.131. The Morgan fingerprint density at radius 3 is 2.55 bits per heavy atom. The molecule has 22 heavy (non-hydrogen) atoms. The molecule has 7 heteroatoms. The Morgan fingerprint density at radius 1 is 1.36 bits per heavy atom. The number of aryl methyl sites for hydroxylation is 1. The van der Waals surface area contributed by atoms with Crippen LogP contribution in [0.3, 0.4) is 0 Å². The second-order valence-electron chi connectivity index (χ2n) is 5.04. The summed E-state index contributed by atoms with van der Waals surface area (Å²) in [5.41, 5.74) is 1.03. The Hall–Kier alpha value is -2.05. The SMILES string of the molecule is CCNC(=NCc1ccnn1C)N(C)CC(=O)N(CC)CC. The van der Waals surface area contributed by atoms with E-state index in [9.17, 15) is 4.79 Å². The molecular formula is C15H28N6O. The first-order valence-electron chi connectivity index (χ1n) is 7.77. The van der Waals surface area contributed by atoms with E-state index in [1.807, 2.05) is 50.7 Å². The minimum absolute atomic E-state index is 0.110. The number of hydrogen-bond donors (Lipinski definition) is 1. The molecule has 124 valence electrons. The Labute approximate surface area is 133 Å². The molecule has 0 aliphatic heterocycles. The summed E-state index contributed by atoms with van der Waals surface area (Å²) in [6.45, 7) is 9.05. The van der Waals surface area contributed by atoms with Gasteiger partial charge in [-0.05, 0) is 26.8 Å². The fourth-order valence-electron chi connectivity index (χ4n) is 2.14. The van der Waals surface area contributed by atoms with Crippen LogP contribution in [-0.2, 0) is 18.4 Å². The number of aliphatic imine (C=N–C) groups is 1. The van der Waals surface area contributed by atoms with Crippen LogP contribution in [0.25, 0.3) is 0 Å². The molecule has 0 atom stereocenters. The van der Waals surface area contributed by atoms with Crippen LogP contribution < -0.4 is 5.32 Å². The predicted molar refractivity (Wildman–Crippen MR) is 88.6 cm³/mol. The van der Waals surface area contributed by atoms with Crippen LogP contribution in [0.2, 0.25) is 0 Å². The second-order valence-corrected chi connectivity index (χ2v) is 5.04. The van der Waals surface area contributed by atoms with Gasteiger partial charge in [0.2, 0.25) is 5.91 Å². The summed E-state index contributed by atoms with van der Waals surface area (Å²) in [6.07, 6.45) is 1.76. The molecular weight excluding hydrogens is 280 g/mol. The molecule has 1 aromatic rings. The normalized spacial score (nSPS) is 11.4. The summed E-state index contributed by atoms with van der Waals surface area (Å²) in [7, 11) is 3.78. The third-order valence-corrected chi connectivity index (χ3v) is 3.50. The highest BCUT2D eigenvalue weighted by Crippen LogP contribution is 2.00. The summed E-state index contributed by atoms with van der Waals surface area (Å²) >= 11 is 0. The van der Waals surface area contributed by atoms with E-state index in [-0.39, 0.29) is 5.91 Å². The highest BCUT2D eigenvalue weighted by molar-refractivity contribution is 5.86. The molecule has 0 spiro atoms. The van der Waals surface area contributed by atoms with E-state index in [0.717, 1.165) is 31.3 Å². The van der Waals surface area contributed by atoms with Crippen LogP contribution in [0.1, 0.15) is 26.5 Å². The number of carbonyl (C=O) groups is 1. The van der Waals surface area contributed by atoms with Gasteiger partial charge in [0.25, 0.3) is 0 Å². The summed E-state index contributed by atoms with van der Waals surface area (Å²) in [4.78, 5) is 20.5. The monoisotopic (exact) mass is 308 g/mol. The fraction of sp³-hybridized carbons (Fsp3) is 0.667. The summed E-state index contributed by atoms with van der Waals surface area (Å²) in [6, 6.07) is 1.94. The van der Waals surface area contributed by atoms with E-state index in [1.165, 1.54) is 0 Å². The molecule has 0 aliphatic carbocycles. The third-order valence-electron chi connectivity index (χ3n) is 3.50. The molecule has 0 saturated heterocycles. The van der Waals surface area contributed by atoms with Gasteiger partial charge in [0.15, 0.2) is 5.96 Å². The molecule has 1 aromatic heterocycles. The van der Waals surface area contributed by atoms with Crippen molar-refractivity contribution in [3.05, 3.63) is 18.0 Å². The fourth-order valence-corrected chi connectivity index (χ4v) is 2.14. The van der Waals surface area contributed by atoms with Crippen molar-refractivity contribution in [2.45, 2.75) is 27.3 Å². The largest absolute Gasteiger partial charge is 0.357 e. The average Bonchev–Trinajstić information content (AvgIpc) is 2.90. The van der Waals surface area contributed by atoms with Gasteiger partial charge in [-0.2, -0.15) is 5.10 Å². The number of nitrogens with zero attached hydrogens (tertiary/aromatic N) is 5. The molecule has 0 aliphatic rings. The Bertz CT molecular complexity index is 492. The minimum Gasteiger partial charge on any atom is -0.357 e. The number of rotatable bonds is 7. The molecule has 1 amide bonds. The Kier molecular flexibility index (Phi) is 7.42. The molecule has 7 nitrogen and oxygen atoms in total. The van der Waals surface area contributed by atoms with Gasteiger partial charge < -0.3 is 15.1 Å². The molecule has 0 bridgehead atoms. The van der Waals surface area contributed by atoms with Gasteiger partial charge in [-0.1, -0.05) is 0 Å². The first-order chi connectivity index (χ1) is 10.5. The molecule has 0 radical (unpaired) electrons. The van der Waals surface area contributed by atoms with Crippen molar-refractivity contribution in [2.24, 2.45) is 12.0 Å². The van der Waals surface area contributed by atoms with E-state index in [1.54, 1.807) is 10.9 Å². The van der Waals surface area contributed by atoms with Gasteiger partial charge in [0.05, 0.1) is 18.8 Å². The second kappa shape index (κ2) is 9.07. The topological polar surface area (TPSA) is 65.8 Å². The van der Waals surface area contributed by atoms with Crippen LogP contribution in [0.5, 0.6) is 0 Å². The van der Waals surface area contributed by atoms with Crippen LogP contribution in [0.4, 0.5) is 0 Å². The number of likely N-dealkylation sites (N-methyl/N-ethyl adjacent to an activating group) is 2. The van der Waals surface area contributed by atoms with Crippen LogP contribution in [-0.4, -0.2) is 64.7 Å². The Morgan fingerprint density at radius 2 is 2.05 bits per heavy atom. The van der Waals surface area contributed by atoms with Crippen LogP contribution in [0.15, 0.2) is 17.3 Å². The number of carbonyl (C=O) groups excluding carboxylic acids is 1. The lowest BCUT2D eigenvalue weighted by Crippen LogP contribution is -2.45. The molecule has 1 N–H and O–H groups in total. The highest BCUT2D eigenvalue weighted by atomic mass is 16.2. The number of nitrogens with one attached hydrogen (secondary N) is 1. The summed E-state index contributed by atoms with van der Waals surface area (Å²) in [5, 5.41) is 7.35. The van der Waals surface area contributed by atoms with Gasteiger partial charge >= 0.3 is 0 Å². The van der Waals surface area contributed by atoms with Crippen molar-refractivity contribution < 1.29 is 4.79 Å². The van der Waals surface area contributed by atoms with Gasteiger partial charge in [-0.25, -0.2) is 4.99 Å².